The van der Waals surface area contributed by atoms with Crippen LogP contribution in [0.5, 0.6) is 34.5 Å². The normalized spacial score (nSPS) is 9.65. The van der Waals surface area contributed by atoms with Gasteiger partial charge in [0.1, 0.15) is 0 Å². The summed E-state index contributed by atoms with van der Waals surface area (Å²) < 4.78 is 33.4. The Kier molecular flexibility index (Phi) is 20.3. The van der Waals surface area contributed by atoms with Crippen LogP contribution in [0.15, 0.2) is 48.5 Å². The number of hydrogen-bond acceptors (Lipinski definition) is 6. The van der Waals surface area contributed by atoms with Gasteiger partial charge in [-0.15, -0.1) is 0 Å². The molecular formula is C22H12B21O6. The molecule has 0 heterocycles. The van der Waals surface area contributed by atoms with Crippen LogP contribution < -0.4 is 27.9 Å². The second-order valence-corrected chi connectivity index (χ2v) is 9.34. The molecule has 3 rings (SSSR count). The van der Waals surface area contributed by atoms with Gasteiger partial charge in [0.25, 0.3) is 0 Å². The Morgan fingerprint density at radius 1 is 0.449 bits per heavy atom. The molecule has 0 aliphatic rings. The van der Waals surface area contributed by atoms with Crippen molar-refractivity contribution in [1.29, 1.82) is 0 Å². The van der Waals surface area contributed by atoms with Gasteiger partial charge in [-0.1, -0.05) is 0 Å². The summed E-state index contributed by atoms with van der Waals surface area (Å²) in [6, 6.07) is 14.9. The van der Waals surface area contributed by atoms with Crippen molar-refractivity contribution in [2.75, 3.05) is 0 Å². The molecule has 0 aliphatic heterocycles. The summed E-state index contributed by atoms with van der Waals surface area (Å²) in [6.07, 6.45) is 7.67. The molecule has 0 amide bonds. The van der Waals surface area contributed by atoms with Gasteiger partial charge >= 0.3 is 305 Å². The first kappa shape index (κ1) is 40.7. The predicted molar refractivity (Wildman–Crippen MR) is 222 cm³/mol. The maximum absolute atomic E-state index is 5.88. The summed E-state index contributed by atoms with van der Waals surface area (Å²) in [5.41, 5.74) is 3.40. The second kappa shape index (κ2) is 24.5. The third-order valence-electron chi connectivity index (χ3n) is 6.02. The molecule has 0 atom stereocenters. The molecule has 0 fully saturated rings. The van der Waals surface area contributed by atoms with E-state index in [9.17, 15) is 0 Å². The zero-order chi connectivity index (χ0) is 35.1. The summed E-state index contributed by atoms with van der Waals surface area (Å²) in [6.45, 7) is 15.2. The molecule has 0 saturated heterocycles. The van der Waals surface area contributed by atoms with Crippen LogP contribution >= 0.6 is 0 Å². The summed E-state index contributed by atoms with van der Waals surface area (Å²) >= 11 is 0. The van der Waals surface area contributed by atoms with E-state index in [0.717, 1.165) is 29.3 Å². The molecule has 27 heteroatoms. The van der Waals surface area contributed by atoms with Crippen molar-refractivity contribution in [2.24, 2.45) is 0 Å². The molecule has 0 spiro atoms. The molecule has 0 saturated carbocycles. The van der Waals surface area contributed by atoms with Crippen LogP contribution in [0, 0.1) is 0 Å². The minimum absolute atomic E-state index is 0.157. The zero-order valence-electron chi connectivity index (χ0n) is 26.5. The third-order valence-corrected chi connectivity index (χ3v) is 6.02. The van der Waals surface area contributed by atoms with Crippen LogP contribution in [0.2, 0.25) is 0 Å². The molecule has 49 heavy (non-hydrogen) atoms. The Hall–Kier alpha value is -2.70. The Labute approximate surface area is 303 Å². The average molecular weight is 599 g/mol. The van der Waals surface area contributed by atoms with Crippen molar-refractivity contribution in [1.82, 2.24) is 0 Å². The SMILES string of the molecule is [B]B=BB=BOc1cc(/C=C/c2ccc(/C=C/c3cc(OB=[B])c(O[B])c(OB=B[B])c3)cc2)cc(OB=BB=[B])c1OB=BB=BB=[B]. The van der Waals surface area contributed by atoms with E-state index in [2.05, 4.69) is 0 Å². The van der Waals surface area contributed by atoms with E-state index in [1.54, 1.807) is 58.4 Å². The van der Waals surface area contributed by atoms with E-state index < -0.39 is 0 Å². The zero-order valence-corrected chi connectivity index (χ0v) is 26.5. The van der Waals surface area contributed by atoms with E-state index in [1.807, 2.05) is 54.6 Å². The molecule has 0 bridgehead atoms. The molecular weight excluding hydrogens is 587 g/mol. The molecule has 199 valence electrons. The van der Waals surface area contributed by atoms with Crippen LogP contribution in [0.25, 0.3) is 24.3 Å². The van der Waals surface area contributed by atoms with Gasteiger partial charge in [-0.05, 0) is 0 Å². The summed E-state index contributed by atoms with van der Waals surface area (Å²) in [5.74, 6) is 1.82. The molecule has 0 aromatic heterocycles. The van der Waals surface area contributed by atoms with Gasteiger partial charge in [0, 0.05) is 0 Å². The van der Waals surface area contributed by atoms with E-state index in [-0.39, 0.29) is 17.2 Å². The predicted octanol–water partition coefficient (Wildman–Crippen LogP) is -2.91. The van der Waals surface area contributed by atoms with Crippen molar-refractivity contribution in [2.45, 2.75) is 0 Å². The van der Waals surface area contributed by atoms with Crippen LogP contribution in [0.1, 0.15) is 22.3 Å². The van der Waals surface area contributed by atoms with E-state index >= 15 is 0 Å². The fraction of sp³-hybridized carbons (Fsp3) is 0. The van der Waals surface area contributed by atoms with Crippen molar-refractivity contribution >= 4 is 172 Å². The standard InChI is InChI=1S/C22H12B21O6/c23-29-34-37-39-43-49-22-19(47-41-36-31-25)11-16(12-20(22)48-42-38-35-30-24)8-6-14-3-1-13(2-4-14)5-7-15-9-17(45-33-27)21(44-28)18(10-15)46-40-32-26/h1-12H/b7-5+,8-6+. The van der Waals surface area contributed by atoms with E-state index in [4.69, 9.17) is 73.6 Å². The van der Waals surface area contributed by atoms with Gasteiger partial charge in [-0.2, -0.15) is 0 Å². The summed E-state index contributed by atoms with van der Waals surface area (Å²) in [5, 5.41) is 0. The Morgan fingerprint density at radius 2 is 0.918 bits per heavy atom. The van der Waals surface area contributed by atoms with Gasteiger partial charge in [0.05, 0.1) is 0 Å². The topological polar surface area (TPSA) is 55.4 Å². The minimum atomic E-state index is 0.157. The van der Waals surface area contributed by atoms with Crippen LogP contribution in [-0.2, 0) is 0 Å². The first-order chi connectivity index (χ1) is 24.1. The number of benzene rings is 3. The van der Waals surface area contributed by atoms with E-state index in [1.165, 1.54) is 54.8 Å². The van der Waals surface area contributed by atoms with Gasteiger partial charge in [0.15, 0.2) is 0 Å². The van der Waals surface area contributed by atoms with Crippen LogP contribution in [-0.4, -0.2) is 148 Å². The molecule has 3 aromatic carbocycles. The summed E-state index contributed by atoms with van der Waals surface area (Å²) in [4.78, 5) is 0. The Morgan fingerprint density at radius 3 is 1.43 bits per heavy atom. The number of rotatable bonds is 19. The first-order valence-electron chi connectivity index (χ1n) is 14.6. The average Bonchev–Trinajstić information content (AvgIpc) is 3.12. The van der Waals surface area contributed by atoms with Gasteiger partial charge in [0.2, 0.25) is 0 Å². The van der Waals surface area contributed by atoms with Gasteiger partial charge < -0.3 is 0 Å². The molecule has 6 nitrogen and oxygen atoms in total. The maximum atomic E-state index is 5.88. The van der Waals surface area contributed by atoms with Crippen molar-refractivity contribution < 1.29 is 27.9 Å². The van der Waals surface area contributed by atoms with Crippen molar-refractivity contribution in [3.63, 3.8) is 0 Å². The molecule has 9 radical (unpaired) electrons. The molecule has 0 aliphatic carbocycles. The fourth-order valence-corrected chi connectivity index (χ4v) is 3.92. The first-order valence-corrected chi connectivity index (χ1v) is 14.6. The van der Waals surface area contributed by atoms with Crippen LogP contribution in [0.3, 0.4) is 0 Å². The van der Waals surface area contributed by atoms with Crippen molar-refractivity contribution in [3.8, 4) is 34.5 Å². The van der Waals surface area contributed by atoms with Crippen molar-refractivity contribution in [3.05, 3.63) is 70.8 Å². The van der Waals surface area contributed by atoms with E-state index in [0.29, 0.717) is 17.2 Å². The van der Waals surface area contributed by atoms with Gasteiger partial charge in [-0.3, -0.25) is 0 Å². The Balaban J connectivity index is 1.90. The quantitative estimate of drug-likeness (QED) is 0.109. The van der Waals surface area contributed by atoms with Crippen LogP contribution in [0.4, 0.5) is 0 Å². The van der Waals surface area contributed by atoms with Gasteiger partial charge in [-0.25, -0.2) is 0 Å². The summed E-state index contributed by atoms with van der Waals surface area (Å²) in [7, 11) is 39.2. The fourth-order valence-electron chi connectivity index (χ4n) is 3.92. The second-order valence-electron chi connectivity index (χ2n) is 9.34. The molecule has 0 unspecified atom stereocenters. The Bertz CT molecular complexity index is 1820. The molecule has 0 N–H and O–H groups in total. The number of hydrogen-bond donors (Lipinski definition) is 0. The molecule has 3 aromatic rings. The monoisotopic (exact) mass is 603 g/mol. The third kappa shape index (κ3) is 14.6.